The molecule has 2 aromatic carbocycles. The fourth-order valence-electron chi connectivity index (χ4n) is 4.22. The van der Waals surface area contributed by atoms with Crippen molar-refractivity contribution in [3.63, 3.8) is 0 Å². The van der Waals surface area contributed by atoms with Crippen LogP contribution in [0.15, 0.2) is 60.8 Å². The molecule has 4 rings (SSSR count). The second-order valence-electron chi connectivity index (χ2n) is 8.01. The van der Waals surface area contributed by atoms with Gasteiger partial charge >= 0.3 is 6.18 Å². The van der Waals surface area contributed by atoms with Crippen LogP contribution in [0.1, 0.15) is 28.4 Å². The molecule has 2 aliphatic heterocycles. The van der Waals surface area contributed by atoms with Gasteiger partial charge in [0, 0.05) is 54.9 Å². The van der Waals surface area contributed by atoms with Crippen LogP contribution in [-0.4, -0.2) is 50.7 Å². The van der Waals surface area contributed by atoms with E-state index in [1.165, 1.54) is 17.0 Å². The zero-order chi connectivity index (χ0) is 23.8. The lowest BCUT2D eigenvalue weighted by Crippen LogP contribution is -2.37. The van der Waals surface area contributed by atoms with E-state index in [1.54, 1.807) is 7.05 Å². The third-order valence-electron chi connectivity index (χ3n) is 5.99. The number of alkyl halides is 3. The van der Waals surface area contributed by atoms with E-state index in [1.807, 2.05) is 31.2 Å². The van der Waals surface area contributed by atoms with E-state index in [4.69, 9.17) is 4.74 Å². The molecule has 0 N–H and O–H groups in total. The maximum Gasteiger partial charge on any atom is 0.416 e. The summed E-state index contributed by atoms with van der Waals surface area (Å²) < 4.78 is 44.8. The van der Waals surface area contributed by atoms with Gasteiger partial charge in [-0.2, -0.15) is 13.2 Å². The predicted octanol–water partition coefficient (Wildman–Crippen LogP) is 5.01. The van der Waals surface area contributed by atoms with E-state index in [2.05, 4.69) is 16.4 Å². The number of amides is 1. The monoisotopic (exact) mass is 457 g/mol. The van der Waals surface area contributed by atoms with Gasteiger partial charge in [-0.3, -0.25) is 4.79 Å². The highest BCUT2D eigenvalue weighted by molar-refractivity contribution is 6.06. The molecule has 8 heteroatoms. The largest absolute Gasteiger partial charge is 0.416 e. The number of likely N-dealkylation sites (N-methyl/N-ethyl adjacent to an activating group) is 1. The SMILES string of the molecule is C=C1C=C(N2CCOCC2)c2cc(N(C)C(=O)c3cccc(C(F)(F)F)c3)ccc2N1CC. The number of hydrogen-bond acceptors (Lipinski definition) is 4. The molecule has 2 aromatic rings. The number of ether oxygens (including phenoxy) is 1. The smallest absolute Gasteiger partial charge is 0.378 e. The maximum atomic E-state index is 13.1. The summed E-state index contributed by atoms with van der Waals surface area (Å²) in [5.74, 6) is -0.509. The van der Waals surface area contributed by atoms with Gasteiger partial charge in [0.15, 0.2) is 0 Å². The maximum absolute atomic E-state index is 13.1. The van der Waals surface area contributed by atoms with E-state index in [9.17, 15) is 18.0 Å². The molecule has 0 radical (unpaired) electrons. The molecule has 1 saturated heterocycles. The van der Waals surface area contributed by atoms with E-state index in [0.717, 1.165) is 54.4 Å². The Bertz CT molecular complexity index is 1100. The van der Waals surface area contributed by atoms with Crippen LogP contribution >= 0.6 is 0 Å². The molecule has 0 unspecified atom stereocenters. The standard InChI is InChI=1S/C25H26F3N3O2/c1-4-31-17(2)14-23(30-10-12-33-13-11-30)21-16-20(8-9-22(21)31)29(3)24(32)18-6-5-7-19(15-18)25(26,27)28/h5-9,14-16H,2,4,10-13H2,1,3H3. The Morgan fingerprint density at radius 1 is 1.15 bits per heavy atom. The van der Waals surface area contributed by atoms with Crippen molar-refractivity contribution >= 4 is 23.0 Å². The topological polar surface area (TPSA) is 36.0 Å². The average Bonchev–Trinajstić information content (AvgIpc) is 2.82. The van der Waals surface area contributed by atoms with Gasteiger partial charge < -0.3 is 19.4 Å². The second-order valence-corrected chi connectivity index (χ2v) is 8.01. The molecule has 0 atom stereocenters. The van der Waals surface area contributed by atoms with Gasteiger partial charge in [-0.05, 0) is 49.4 Å². The Morgan fingerprint density at radius 3 is 2.55 bits per heavy atom. The van der Waals surface area contributed by atoms with Crippen LogP contribution in [0.25, 0.3) is 5.70 Å². The number of allylic oxidation sites excluding steroid dienone is 1. The summed E-state index contributed by atoms with van der Waals surface area (Å²) in [6, 6.07) is 10.2. The molecule has 2 aliphatic rings. The Balaban J connectivity index is 1.70. The Hall–Kier alpha value is -3.26. The second kappa shape index (κ2) is 8.94. The van der Waals surface area contributed by atoms with Gasteiger partial charge in [0.25, 0.3) is 5.91 Å². The number of anilines is 2. The summed E-state index contributed by atoms with van der Waals surface area (Å²) in [6.45, 7) is 9.72. The molecule has 0 bridgehead atoms. The summed E-state index contributed by atoms with van der Waals surface area (Å²) in [5.41, 5.74) is 3.55. The van der Waals surface area contributed by atoms with Gasteiger partial charge in [0.2, 0.25) is 0 Å². The summed E-state index contributed by atoms with van der Waals surface area (Å²) in [4.78, 5) is 18.8. The minimum absolute atomic E-state index is 0.0162. The van der Waals surface area contributed by atoms with Crippen molar-refractivity contribution < 1.29 is 22.7 Å². The number of halogens is 3. The molecule has 0 saturated carbocycles. The third-order valence-corrected chi connectivity index (χ3v) is 5.99. The molecule has 33 heavy (non-hydrogen) atoms. The van der Waals surface area contributed by atoms with Gasteiger partial charge in [-0.15, -0.1) is 0 Å². The number of carbonyl (C=O) groups excluding carboxylic acids is 1. The quantitative estimate of drug-likeness (QED) is 0.647. The first-order valence-corrected chi connectivity index (χ1v) is 10.8. The van der Waals surface area contributed by atoms with Gasteiger partial charge in [0.1, 0.15) is 0 Å². The van der Waals surface area contributed by atoms with Gasteiger partial charge in [-0.1, -0.05) is 12.6 Å². The van der Waals surface area contributed by atoms with Gasteiger partial charge in [0.05, 0.1) is 24.5 Å². The van der Waals surface area contributed by atoms with E-state index < -0.39 is 17.6 Å². The average molecular weight is 457 g/mol. The lowest BCUT2D eigenvalue weighted by atomic mass is 9.99. The minimum Gasteiger partial charge on any atom is -0.378 e. The number of hydrogen-bond donors (Lipinski definition) is 0. The highest BCUT2D eigenvalue weighted by atomic mass is 19.4. The number of carbonyl (C=O) groups is 1. The molecule has 0 spiro atoms. The van der Waals surface area contributed by atoms with Crippen LogP contribution in [0.5, 0.6) is 0 Å². The molecule has 1 amide bonds. The molecular formula is C25H26F3N3O2. The van der Waals surface area contributed by atoms with Crippen molar-refractivity contribution in [2.45, 2.75) is 13.1 Å². The van der Waals surface area contributed by atoms with Crippen LogP contribution in [-0.2, 0) is 10.9 Å². The molecule has 1 fully saturated rings. The summed E-state index contributed by atoms with van der Waals surface area (Å²) in [5, 5.41) is 0. The number of morpholine rings is 1. The van der Waals surface area contributed by atoms with Crippen molar-refractivity contribution in [2.75, 3.05) is 49.7 Å². The summed E-state index contributed by atoms with van der Waals surface area (Å²) in [7, 11) is 1.57. The third kappa shape index (κ3) is 4.48. The fourth-order valence-corrected chi connectivity index (χ4v) is 4.22. The minimum atomic E-state index is -4.51. The number of nitrogens with zero attached hydrogens (tertiary/aromatic N) is 3. The van der Waals surface area contributed by atoms with Crippen LogP contribution in [0.4, 0.5) is 24.5 Å². The van der Waals surface area contributed by atoms with Crippen LogP contribution in [0.2, 0.25) is 0 Å². The van der Waals surface area contributed by atoms with E-state index in [0.29, 0.717) is 18.9 Å². The first-order chi connectivity index (χ1) is 15.7. The predicted molar refractivity (Wildman–Crippen MR) is 123 cm³/mol. The Labute approximate surface area is 191 Å². The molecular weight excluding hydrogens is 431 g/mol. The van der Waals surface area contributed by atoms with Crippen molar-refractivity contribution in [1.29, 1.82) is 0 Å². The Morgan fingerprint density at radius 2 is 1.88 bits per heavy atom. The van der Waals surface area contributed by atoms with Crippen LogP contribution in [0, 0.1) is 0 Å². The molecule has 0 aromatic heterocycles. The molecule has 5 nitrogen and oxygen atoms in total. The zero-order valence-corrected chi connectivity index (χ0v) is 18.7. The number of benzene rings is 2. The van der Waals surface area contributed by atoms with E-state index >= 15 is 0 Å². The van der Waals surface area contributed by atoms with Crippen molar-refractivity contribution in [3.05, 3.63) is 77.5 Å². The lowest BCUT2D eigenvalue weighted by molar-refractivity contribution is -0.137. The first-order valence-electron chi connectivity index (χ1n) is 10.8. The Kier molecular flexibility index (Phi) is 6.21. The molecule has 2 heterocycles. The summed E-state index contributed by atoms with van der Waals surface area (Å²) in [6.07, 6.45) is -2.47. The van der Waals surface area contributed by atoms with Crippen molar-refractivity contribution in [1.82, 2.24) is 4.90 Å². The van der Waals surface area contributed by atoms with Crippen LogP contribution < -0.4 is 9.80 Å². The van der Waals surface area contributed by atoms with Gasteiger partial charge in [-0.25, -0.2) is 0 Å². The van der Waals surface area contributed by atoms with Crippen LogP contribution in [0.3, 0.4) is 0 Å². The fraction of sp³-hybridized carbons (Fsp3) is 0.320. The lowest BCUT2D eigenvalue weighted by Gasteiger charge is -2.38. The normalized spacial score (nSPS) is 16.4. The number of rotatable bonds is 4. The van der Waals surface area contributed by atoms with Crippen molar-refractivity contribution in [2.24, 2.45) is 0 Å². The van der Waals surface area contributed by atoms with Crippen molar-refractivity contribution in [3.8, 4) is 0 Å². The molecule has 174 valence electrons. The zero-order valence-electron chi connectivity index (χ0n) is 18.7. The summed E-state index contributed by atoms with van der Waals surface area (Å²) >= 11 is 0. The molecule has 0 aliphatic carbocycles. The first kappa shape index (κ1) is 22.9. The van der Waals surface area contributed by atoms with E-state index in [-0.39, 0.29) is 5.56 Å². The highest BCUT2D eigenvalue weighted by Gasteiger charge is 2.31. The number of fused-ring (bicyclic) bond motifs is 1. The highest BCUT2D eigenvalue weighted by Crippen LogP contribution is 2.39.